The lowest BCUT2D eigenvalue weighted by Gasteiger charge is -2.39. The van der Waals surface area contributed by atoms with Crippen LogP contribution < -0.4 is 0 Å². The summed E-state index contributed by atoms with van der Waals surface area (Å²) in [5.41, 5.74) is 3.59. The molecule has 1 aliphatic rings. The van der Waals surface area contributed by atoms with E-state index in [2.05, 4.69) is 22.0 Å². The summed E-state index contributed by atoms with van der Waals surface area (Å²) in [6, 6.07) is 6.13. The van der Waals surface area contributed by atoms with Crippen molar-refractivity contribution in [3.63, 3.8) is 0 Å². The van der Waals surface area contributed by atoms with Crippen LogP contribution in [0.3, 0.4) is 0 Å². The van der Waals surface area contributed by atoms with Crippen LogP contribution in [0.15, 0.2) is 34.3 Å². The van der Waals surface area contributed by atoms with Gasteiger partial charge in [0.2, 0.25) is 0 Å². The number of aryl methyl sites for hydroxylation is 1. The van der Waals surface area contributed by atoms with Crippen LogP contribution in [0.2, 0.25) is 0 Å². The molecule has 1 aromatic carbocycles. The van der Waals surface area contributed by atoms with E-state index in [1.165, 1.54) is 17.0 Å². The van der Waals surface area contributed by atoms with E-state index in [0.29, 0.717) is 12.5 Å². The number of benzene rings is 1. The maximum Gasteiger partial charge on any atom is 0.257 e. The molecule has 0 unspecified atom stereocenters. The Hall–Kier alpha value is -2.16. The van der Waals surface area contributed by atoms with E-state index in [1.54, 1.807) is 30.6 Å². The van der Waals surface area contributed by atoms with Crippen LogP contribution in [0.5, 0.6) is 0 Å². The summed E-state index contributed by atoms with van der Waals surface area (Å²) < 4.78 is 24.1. The lowest BCUT2D eigenvalue weighted by atomic mass is 9.75. The van der Waals surface area contributed by atoms with Crippen LogP contribution in [0, 0.1) is 12.7 Å². The highest BCUT2D eigenvalue weighted by atomic mass is 32.1. The monoisotopic (exact) mass is 416 g/mol. The van der Waals surface area contributed by atoms with Crippen molar-refractivity contribution in [3.05, 3.63) is 52.0 Å². The molecule has 0 spiro atoms. The first kappa shape index (κ1) is 20.1. The average Bonchev–Trinajstić information content (AvgIpc) is 3.38. The van der Waals surface area contributed by atoms with Crippen molar-refractivity contribution in [1.82, 2.24) is 20.0 Å². The molecule has 3 aromatic rings. The zero-order chi connectivity index (χ0) is 20.3. The van der Waals surface area contributed by atoms with Crippen molar-refractivity contribution < 1.29 is 13.7 Å². The zero-order valence-corrected chi connectivity index (χ0v) is 17.5. The van der Waals surface area contributed by atoms with Gasteiger partial charge in [-0.15, -0.1) is 11.3 Å². The van der Waals surface area contributed by atoms with Crippen LogP contribution in [0.25, 0.3) is 11.5 Å². The zero-order valence-electron chi connectivity index (χ0n) is 16.7. The number of methoxy groups -OCH3 is 1. The minimum Gasteiger partial charge on any atom is -0.385 e. The predicted molar refractivity (Wildman–Crippen MR) is 109 cm³/mol. The second-order valence-electron chi connectivity index (χ2n) is 7.59. The Bertz CT molecular complexity index is 932. The van der Waals surface area contributed by atoms with E-state index in [9.17, 15) is 4.39 Å². The van der Waals surface area contributed by atoms with Gasteiger partial charge in [0.05, 0.1) is 11.2 Å². The first-order chi connectivity index (χ1) is 14.1. The Morgan fingerprint density at radius 2 is 2.00 bits per heavy atom. The highest BCUT2D eigenvalue weighted by molar-refractivity contribution is 7.09. The minimum atomic E-state index is -0.284. The van der Waals surface area contributed by atoms with Crippen LogP contribution in [0.1, 0.15) is 35.7 Å². The van der Waals surface area contributed by atoms with Crippen molar-refractivity contribution in [2.75, 3.05) is 26.8 Å². The number of nitrogens with zero attached hydrogens (tertiary/aromatic N) is 4. The van der Waals surface area contributed by atoms with Crippen molar-refractivity contribution in [2.45, 2.75) is 38.1 Å². The van der Waals surface area contributed by atoms with E-state index in [0.717, 1.165) is 56.0 Å². The number of hydrogen-bond donors (Lipinski definition) is 0. The van der Waals surface area contributed by atoms with Gasteiger partial charge < -0.3 is 9.26 Å². The molecule has 0 saturated carbocycles. The normalized spacial score (nSPS) is 16.9. The fourth-order valence-electron chi connectivity index (χ4n) is 3.85. The molecule has 4 rings (SSSR count). The quantitative estimate of drug-likeness (QED) is 0.575. The van der Waals surface area contributed by atoms with E-state index >= 15 is 0 Å². The summed E-state index contributed by atoms with van der Waals surface area (Å²) in [7, 11) is 1.72. The van der Waals surface area contributed by atoms with Crippen molar-refractivity contribution in [2.24, 2.45) is 0 Å². The average molecular weight is 417 g/mol. The number of hydrogen-bond acceptors (Lipinski definition) is 7. The van der Waals surface area contributed by atoms with E-state index in [1.807, 2.05) is 5.51 Å². The van der Waals surface area contributed by atoms with Gasteiger partial charge in [-0.3, -0.25) is 4.90 Å². The summed E-state index contributed by atoms with van der Waals surface area (Å²) in [5, 5.41) is 4.32. The Morgan fingerprint density at radius 3 is 2.66 bits per heavy atom. The van der Waals surface area contributed by atoms with Crippen molar-refractivity contribution in [3.8, 4) is 11.5 Å². The van der Waals surface area contributed by atoms with Gasteiger partial charge in [0, 0.05) is 36.1 Å². The number of rotatable bonds is 7. The minimum absolute atomic E-state index is 0.170. The maximum atomic E-state index is 13.2. The number of halogens is 1. The SMILES string of the molecule is COCCC1(c2noc(-c3ccc(F)cc3)n2)CCN(Cc2scnc2C)CC1. The number of thiazole rings is 1. The van der Waals surface area contributed by atoms with Crippen LogP contribution in [-0.2, 0) is 16.7 Å². The molecule has 1 aliphatic heterocycles. The molecule has 0 aliphatic carbocycles. The molecule has 1 saturated heterocycles. The fourth-order valence-corrected chi connectivity index (χ4v) is 4.67. The molecule has 0 amide bonds. The Labute approximate surface area is 173 Å². The van der Waals surface area contributed by atoms with Crippen molar-refractivity contribution >= 4 is 11.3 Å². The topological polar surface area (TPSA) is 64.3 Å². The smallest absolute Gasteiger partial charge is 0.257 e. The maximum absolute atomic E-state index is 13.2. The highest BCUT2D eigenvalue weighted by Crippen LogP contribution is 2.38. The van der Waals surface area contributed by atoms with Crippen molar-refractivity contribution in [1.29, 1.82) is 0 Å². The van der Waals surface area contributed by atoms with Crippen LogP contribution in [-0.4, -0.2) is 46.8 Å². The summed E-state index contributed by atoms with van der Waals surface area (Å²) in [4.78, 5) is 12.8. The highest BCUT2D eigenvalue weighted by Gasteiger charge is 2.40. The Morgan fingerprint density at radius 1 is 1.24 bits per heavy atom. The van der Waals surface area contributed by atoms with Gasteiger partial charge in [0.1, 0.15) is 5.82 Å². The lowest BCUT2D eigenvalue weighted by molar-refractivity contribution is 0.103. The third kappa shape index (κ3) is 4.39. The predicted octanol–water partition coefficient (Wildman–Crippen LogP) is 4.21. The van der Waals surface area contributed by atoms with Crippen LogP contribution >= 0.6 is 11.3 Å². The lowest BCUT2D eigenvalue weighted by Crippen LogP contribution is -2.43. The number of piperidine rings is 1. The van der Waals surface area contributed by atoms with E-state index in [4.69, 9.17) is 14.2 Å². The summed E-state index contributed by atoms with van der Waals surface area (Å²) in [5.74, 6) is 0.871. The molecule has 0 N–H and O–H groups in total. The molecule has 1 fully saturated rings. The number of ether oxygens (including phenoxy) is 1. The molecule has 6 nitrogen and oxygen atoms in total. The molecular formula is C21H25FN4O2S. The molecule has 0 radical (unpaired) electrons. The summed E-state index contributed by atoms with van der Waals surface area (Å²) in [6.45, 7) is 5.57. The van der Waals surface area contributed by atoms with Gasteiger partial charge >= 0.3 is 0 Å². The molecule has 29 heavy (non-hydrogen) atoms. The standard InChI is InChI=1S/C21H25FN4O2S/c1-15-18(29-14-23-15)13-26-10-7-21(8-11-26,9-12-27-2)20-24-19(28-25-20)16-3-5-17(22)6-4-16/h3-6,14H,7-13H2,1-2H3. The second-order valence-corrected chi connectivity index (χ2v) is 8.53. The molecule has 8 heteroatoms. The molecule has 3 heterocycles. The van der Waals surface area contributed by atoms with Gasteiger partial charge in [0.25, 0.3) is 5.89 Å². The van der Waals surface area contributed by atoms with Gasteiger partial charge in [-0.2, -0.15) is 4.98 Å². The molecular weight excluding hydrogens is 391 g/mol. The third-order valence-electron chi connectivity index (χ3n) is 5.80. The Balaban J connectivity index is 1.51. The molecule has 154 valence electrons. The first-order valence-corrected chi connectivity index (χ1v) is 10.7. The summed E-state index contributed by atoms with van der Waals surface area (Å²) in [6.07, 6.45) is 2.73. The summed E-state index contributed by atoms with van der Waals surface area (Å²) >= 11 is 1.72. The van der Waals surface area contributed by atoms with Gasteiger partial charge in [0.15, 0.2) is 5.82 Å². The molecule has 0 atom stereocenters. The van der Waals surface area contributed by atoms with Gasteiger partial charge in [-0.05, 0) is 63.5 Å². The Kier molecular flexibility index (Phi) is 6.03. The van der Waals surface area contributed by atoms with Gasteiger partial charge in [-0.1, -0.05) is 5.16 Å². The third-order valence-corrected chi connectivity index (χ3v) is 6.72. The molecule has 0 bridgehead atoms. The number of likely N-dealkylation sites (tertiary alicyclic amines) is 1. The molecule has 2 aromatic heterocycles. The van der Waals surface area contributed by atoms with Gasteiger partial charge in [-0.25, -0.2) is 9.37 Å². The number of aromatic nitrogens is 3. The largest absolute Gasteiger partial charge is 0.385 e. The van der Waals surface area contributed by atoms with Crippen LogP contribution in [0.4, 0.5) is 4.39 Å². The second kappa shape index (κ2) is 8.69. The van der Waals surface area contributed by atoms with E-state index < -0.39 is 0 Å². The fraction of sp³-hybridized carbons (Fsp3) is 0.476. The van der Waals surface area contributed by atoms with E-state index in [-0.39, 0.29) is 11.2 Å². The first-order valence-electron chi connectivity index (χ1n) is 9.80.